The van der Waals surface area contributed by atoms with E-state index in [0.29, 0.717) is 12.5 Å². The lowest BCUT2D eigenvalue weighted by Crippen LogP contribution is -2.87. The van der Waals surface area contributed by atoms with Gasteiger partial charge >= 0.3 is 0 Å². The number of fused-ring (bicyclic) bond motifs is 2. The molecule has 4 saturated carbocycles. The number of hydrogen-bond acceptors (Lipinski definition) is 5. The molecule has 1 saturated heterocycles. The van der Waals surface area contributed by atoms with Crippen molar-refractivity contribution in [2.75, 3.05) is 13.1 Å². The Balaban J connectivity index is 1.50. The smallest absolute Gasteiger partial charge is 0.166 e. The van der Waals surface area contributed by atoms with E-state index >= 15 is 0 Å². The predicted molar refractivity (Wildman–Crippen MR) is 139 cm³/mol. The van der Waals surface area contributed by atoms with Gasteiger partial charge in [-0.15, -0.1) is 0 Å². The second-order valence-corrected chi connectivity index (χ2v) is 14.5. The van der Waals surface area contributed by atoms with E-state index in [1.54, 1.807) is 0 Å². The normalized spacial score (nSPS) is 45.0. The molecule has 6 heteroatoms. The quantitative estimate of drug-likeness (QED) is 0.593. The van der Waals surface area contributed by atoms with Crippen LogP contribution < -0.4 is 9.26 Å². The summed E-state index contributed by atoms with van der Waals surface area (Å²) in [5.74, 6) is 2.17. The molecule has 2 N–H and O–H groups in total. The summed E-state index contributed by atoms with van der Waals surface area (Å²) in [7, 11) is 2.39. The molecular weight excluding hydrogens is 457 g/mol. The van der Waals surface area contributed by atoms with Crippen LogP contribution in [0.5, 0.6) is 11.5 Å². The van der Waals surface area contributed by atoms with E-state index in [1.807, 2.05) is 13.0 Å². The van der Waals surface area contributed by atoms with E-state index in [9.17, 15) is 10.2 Å². The van der Waals surface area contributed by atoms with Crippen molar-refractivity contribution in [2.24, 2.45) is 22.7 Å². The lowest BCUT2D eigenvalue weighted by molar-refractivity contribution is -0.338. The molecule has 2 heterocycles. The fraction of sp³-hybridized carbons (Fsp3) is 0.793. The van der Waals surface area contributed by atoms with Crippen LogP contribution in [0.4, 0.5) is 0 Å². The Bertz CT molecular complexity index is 1110. The Morgan fingerprint density at radius 1 is 1.17 bits per heavy atom. The highest BCUT2D eigenvalue weighted by Crippen LogP contribution is 2.80. The van der Waals surface area contributed by atoms with E-state index in [4.69, 9.17) is 9.26 Å². The number of ether oxygens (including phenoxy) is 1. The molecule has 1 unspecified atom stereocenters. The molecule has 4 bridgehead atoms. The first kappa shape index (κ1) is 23.3. The van der Waals surface area contributed by atoms with Crippen molar-refractivity contribution in [1.82, 2.24) is 4.90 Å². The van der Waals surface area contributed by atoms with Crippen molar-refractivity contribution in [1.29, 1.82) is 0 Å². The Kier molecular flexibility index (Phi) is 4.37. The molecule has 192 valence electrons. The van der Waals surface area contributed by atoms with Gasteiger partial charge in [0.2, 0.25) is 0 Å². The van der Waals surface area contributed by atoms with Gasteiger partial charge < -0.3 is 19.5 Å². The second kappa shape index (κ2) is 6.57. The zero-order valence-corrected chi connectivity index (χ0v) is 23.1. The summed E-state index contributed by atoms with van der Waals surface area (Å²) in [6.07, 6.45) is 7.27. The van der Waals surface area contributed by atoms with Crippen molar-refractivity contribution in [3.05, 3.63) is 23.3 Å². The Labute approximate surface area is 212 Å². The van der Waals surface area contributed by atoms with Gasteiger partial charge in [-0.2, -0.15) is 0 Å². The number of hydrogen-bond donors (Lipinski definition) is 2. The number of aliphatic hydroxyl groups is 2. The average Bonchev–Trinajstić information content (AvgIpc) is 3.55. The van der Waals surface area contributed by atoms with Crippen LogP contribution in [0.1, 0.15) is 84.3 Å². The summed E-state index contributed by atoms with van der Waals surface area (Å²) in [5.41, 5.74) is -0.935. The van der Waals surface area contributed by atoms with Gasteiger partial charge in [0.25, 0.3) is 0 Å². The molecule has 8 rings (SSSR count). The Hall–Kier alpha value is -0.870. The van der Waals surface area contributed by atoms with Crippen LogP contribution in [0, 0.1) is 22.7 Å². The van der Waals surface area contributed by atoms with Gasteiger partial charge in [0, 0.05) is 29.5 Å². The van der Waals surface area contributed by atoms with E-state index < -0.39 is 16.8 Å². The number of rotatable bonds is 4. The van der Waals surface area contributed by atoms with Crippen molar-refractivity contribution in [3.8, 4) is 11.5 Å². The first-order chi connectivity index (χ1) is 16.4. The Morgan fingerprint density at radius 2 is 1.91 bits per heavy atom. The summed E-state index contributed by atoms with van der Waals surface area (Å²) in [6.45, 7) is 12.7. The van der Waals surface area contributed by atoms with E-state index in [2.05, 4.69) is 48.1 Å². The fourth-order valence-electron chi connectivity index (χ4n) is 9.92. The zero-order valence-electron chi connectivity index (χ0n) is 22.0. The number of piperidine rings is 1. The third kappa shape index (κ3) is 2.38. The highest BCUT2D eigenvalue weighted by atomic mass is 31.0. The van der Waals surface area contributed by atoms with Crippen LogP contribution in [-0.4, -0.2) is 51.0 Å². The van der Waals surface area contributed by atoms with Crippen molar-refractivity contribution in [2.45, 2.75) is 108 Å². The second-order valence-electron chi connectivity index (χ2n) is 14.2. The highest BCUT2D eigenvalue weighted by molar-refractivity contribution is 7.10. The molecule has 5 aliphatic carbocycles. The molecule has 7 aliphatic rings. The van der Waals surface area contributed by atoms with E-state index in [-0.39, 0.29) is 22.2 Å². The first-order valence-electron chi connectivity index (χ1n) is 13.8. The lowest BCUT2D eigenvalue weighted by atomic mass is 9.30. The molecule has 0 aromatic heterocycles. The van der Waals surface area contributed by atoms with Crippen LogP contribution in [0.2, 0.25) is 0 Å². The SMILES string of the molecule is CC(C)(C)[C@@](C)(O)[C@H]1C[C@@]23CC[C@@]1(O)[C@@]1(C)Oc4c(OP)ccc5c4[C@]21CCN(CC1CC1)[C@@H]3C5. The molecule has 1 aromatic rings. The average molecular weight is 500 g/mol. The minimum Gasteiger partial charge on any atom is -0.479 e. The monoisotopic (exact) mass is 499 g/mol. The molecule has 2 aliphatic heterocycles. The highest BCUT2D eigenvalue weighted by Gasteiger charge is 2.86. The third-order valence-corrected chi connectivity index (χ3v) is 12.6. The van der Waals surface area contributed by atoms with E-state index in [1.165, 1.54) is 30.5 Å². The summed E-state index contributed by atoms with van der Waals surface area (Å²) < 4.78 is 12.8. The van der Waals surface area contributed by atoms with Gasteiger partial charge in [-0.1, -0.05) is 26.8 Å². The molecule has 8 atom stereocenters. The summed E-state index contributed by atoms with van der Waals surface area (Å²) >= 11 is 0. The predicted octanol–water partition coefficient (Wildman–Crippen LogP) is 4.61. The maximum Gasteiger partial charge on any atom is 0.166 e. The summed E-state index contributed by atoms with van der Waals surface area (Å²) in [4.78, 5) is 2.81. The standard InChI is InChI=1S/C29H42NO4P/c1-24(2,3)25(4,31)20-15-27-10-11-29(20,32)26(5)28(27)12-13-30(16-17-6-7-17)21(27)14-18-8-9-19(34-35)23(33-26)22(18)28/h8-9,17,20-21,31-32H,6-7,10-16,35H2,1-5H3/t20-,21-,25+,26+,27-,28+,29+/m1/s1. The van der Waals surface area contributed by atoms with Crippen molar-refractivity contribution in [3.63, 3.8) is 0 Å². The molecular formula is C29H42NO4P. The summed E-state index contributed by atoms with van der Waals surface area (Å²) in [6, 6.07) is 4.72. The van der Waals surface area contributed by atoms with Gasteiger partial charge in [0.1, 0.15) is 11.2 Å². The van der Waals surface area contributed by atoms with Crippen LogP contribution >= 0.6 is 9.47 Å². The number of likely N-dealkylation sites (tertiary alicyclic amines) is 1. The molecule has 2 spiro atoms. The molecule has 35 heavy (non-hydrogen) atoms. The summed E-state index contributed by atoms with van der Waals surface area (Å²) in [5, 5.41) is 25.0. The minimum atomic E-state index is -1.12. The van der Waals surface area contributed by atoms with Gasteiger partial charge in [0.15, 0.2) is 11.5 Å². The molecule has 1 aromatic carbocycles. The van der Waals surface area contributed by atoms with Crippen LogP contribution in [-0.2, 0) is 11.8 Å². The number of nitrogens with zero attached hydrogens (tertiary/aromatic N) is 1. The zero-order chi connectivity index (χ0) is 24.8. The molecule has 0 amide bonds. The van der Waals surface area contributed by atoms with Gasteiger partial charge in [0.05, 0.1) is 20.5 Å². The van der Waals surface area contributed by atoms with E-state index in [0.717, 1.165) is 49.6 Å². The lowest BCUT2D eigenvalue weighted by Gasteiger charge is -2.78. The van der Waals surface area contributed by atoms with Crippen LogP contribution in [0.25, 0.3) is 0 Å². The van der Waals surface area contributed by atoms with Gasteiger partial charge in [-0.3, -0.25) is 4.90 Å². The van der Waals surface area contributed by atoms with Crippen molar-refractivity contribution < 1.29 is 19.5 Å². The first-order valence-corrected chi connectivity index (χ1v) is 14.2. The molecule has 5 nitrogen and oxygen atoms in total. The molecule has 0 radical (unpaired) electrons. The maximum absolute atomic E-state index is 12.9. The fourth-order valence-corrected chi connectivity index (χ4v) is 10.1. The topological polar surface area (TPSA) is 62.2 Å². The van der Waals surface area contributed by atoms with Gasteiger partial charge in [-0.25, -0.2) is 0 Å². The third-order valence-electron chi connectivity index (χ3n) is 12.3. The maximum atomic E-state index is 12.9. The number of benzene rings is 1. The van der Waals surface area contributed by atoms with Crippen LogP contribution in [0.3, 0.4) is 0 Å². The largest absolute Gasteiger partial charge is 0.479 e. The Morgan fingerprint density at radius 3 is 2.57 bits per heavy atom. The minimum absolute atomic E-state index is 0.0307. The van der Waals surface area contributed by atoms with Crippen molar-refractivity contribution >= 4 is 9.47 Å². The van der Waals surface area contributed by atoms with Gasteiger partial charge in [-0.05, 0) is 88.3 Å². The van der Waals surface area contributed by atoms with Crippen LogP contribution in [0.15, 0.2) is 12.1 Å². The molecule has 5 fully saturated rings.